The maximum Gasteiger partial charge on any atom is 0.326 e. The number of benzene rings is 1. The molecule has 0 radical (unpaired) electrons. The van der Waals surface area contributed by atoms with Gasteiger partial charge < -0.3 is 15.4 Å². The van der Waals surface area contributed by atoms with E-state index in [2.05, 4.69) is 25.3 Å². The molecule has 3 N–H and O–H groups in total. The lowest BCUT2D eigenvalue weighted by Crippen LogP contribution is -2.32. The van der Waals surface area contributed by atoms with Crippen molar-refractivity contribution in [3.05, 3.63) is 60.3 Å². The smallest absolute Gasteiger partial charge is 0.326 e. The lowest BCUT2D eigenvalue weighted by atomic mass is 10.1. The van der Waals surface area contributed by atoms with Gasteiger partial charge in [0.25, 0.3) is 0 Å². The SMILES string of the molecule is O=C(O)C(Cc1cnc[nH]1)Nc1ncnc2scc(-c3ccccc3)c12. The zero-order valence-corrected chi connectivity index (χ0v) is 14.4. The van der Waals surface area contributed by atoms with Crippen LogP contribution in [0.25, 0.3) is 21.3 Å². The summed E-state index contributed by atoms with van der Waals surface area (Å²) in [5, 5.41) is 15.5. The number of nitrogens with one attached hydrogen (secondary N) is 2. The summed E-state index contributed by atoms with van der Waals surface area (Å²) in [5.41, 5.74) is 2.76. The molecule has 0 amide bonds. The number of anilines is 1. The molecule has 130 valence electrons. The number of aromatic nitrogens is 4. The largest absolute Gasteiger partial charge is 0.480 e. The summed E-state index contributed by atoms with van der Waals surface area (Å²) in [4.78, 5) is 28.0. The van der Waals surface area contributed by atoms with Crippen LogP contribution >= 0.6 is 11.3 Å². The summed E-state index contributed by atoms with van der Waals surface area (Å²) in [5.74, 6) is -0.440. The van der Waals surface area contributed by atoms with Gasteiger partial charge in [0.05, 0.1) is 11.7 Å². The minimum absolute atomic E-state index is 0.269. The predicted molar refractivity (Wildman–Crippen MR) is 100 cm³/mol. The zero-order chi connectivity index (χ0) is 17.9. The average Bonchev–Trinajstić information content (AvgIpc) is 3.31. The highest BCUT2D eigenvalue weighted by atomic mass is 32.1. The number of carboxylic acids is 1. The van der Waals surface area contributed by atoms with E-state index in [1.165, 1.54) is 24.0 Å². The van der Waals surface area contributed by atoms with E-state index in [0.29, 0.717) is 5.82 Å². The third kappa shape index (κ3) is 3.14. The number of imidazole rings is 1. The van der Waals surface area contributed by atoms with Crippen LogP contribution in [0, 0.1) is 0 Å². The topological polar surface area (TPSA) is 104 Å². The molecule has 4 rings (SSSR count). The summed E-state index contributed by atoms with van der Waals surface area (Å²) >= 11 is 1.51. The molecule has 0 saturated heterocycles. The first-order chi connectivity index (χ1) is 12.7. The average molecular weight is 365 g/mol. The van der Waals surface area contributed by atoms with Crippen LogP contribution in [0.4, 0.5) is 5.82 Å². The highest BCUT2D eigenvalue weighted by Crippen LogP contribution is 2.36. The molecule has 0 aliphatic heterocycles. The molecule has 1 unspecified atom stereocenters. The minimum atomic E-state index is -0.956. The van der Waals surface area contributed by atoms with Crippen molar-refractivity contribution in [2.75, 3.05) is 5.32 Å². The van der Waals surface area contributed by atoms with Crippen LogP contribution in [-0.4, -0.2) is 37.1 Å². The Hall–Kier alpha value is -3.26. The van der Waals surface area contributed by atoms with Gasteiger partial charge in [-0.1, -0.05) is 30.3 Å². The Morgan fingerprint density at radius 3 is 2.85 bits per heavy atom. The number of aromatic amines is 1. The van der Waals surface area contributed by atoms with Gasteiger partial charge in [-0.15, -0.1) is 11.3 Å². The van der Waals surface area contributed by atoms with Crippen molar-refractivity contribution >= 4 is 33.3 Å². The summed E-state index contributed by atoms with van der Waals surface area (Å²) in [6.07, 6.45) is 4.87. The summed E-state index contributed by atoms with van der Waals surface area (Å²) in [6.45, 7) is 0. The summed E-state index contributed by atoms with van der Waals surface area (Å²) < 4.78 is 0. The van der Waals surface area contributed by atoms with Crippen molar-refractivity contribution in [2.24, 2.45) is 0 Å². The lowest BCUT2D eigenvalue weighted by Gasteiger charge is -2.15. The fourth-order valence-electron chi connectivity index (χ4n) is 2.80. The number of hydrogen-bond donors (Lipinski definition) is 3. The molecule has 3 aromatic heterocycles. The summed E-state index contributed by atoms with van der Waals surface area (Å²) in [6, 6.07) is 9.08. The van der Waals surface area contributed by atoms with Crippen molar-refractivity contribution in [1.82, 2.24) is 19.9 Å². The van der Waals surface area contributed by atoms with Crippen molar-refractivity contribution in [2.45, 2.75) is 12.5 Å². The molecule has 0 aliphatic rings. The third-order valence-corrected chi connectivity index (χ3v) is 4.93. The Morgan fingerprint density at radius 2 is 2.12 bits per heavy atom. The number of carbonyl (C=O) groups is 1. The van der Waals surface area contributed by atoms with E-state index in [9.17, 15) is 9.90 Å². The van der Waals surface area contributed by atoms with Gasteiger partial charge in [-0.05, 0) is 5.56 Å². The Balaban J connectivity index is 1.73. The number of H-pyrrole nitrogens is 1. The number of nitrogens with zero attached hydrogens (tertiary/aromatic N) is 3. The van der Waals surface area contributed by atoms with E-state index >= 15 is 0 Å². The molecule has 0 fully saturated rings. The lowest BCUT2D eigenvalue weighted by molar-refractivity contribution is -0.137. The Bertz CT molecular complexity index is 1030. The van der Waals surface area contributed by atoms with E-state index in [-0.39, 0.29) is 6.42 Å². The Kier molecular flexibility index (Phi) is 4.32. The Morgan fingerprint density at radius 1 is 1.27 bits per heavy atom. The van der Waals surface area contributed by atoms with Crippen LogP contribution in [0.2, 0.25) is 0 Å². The normalized spacial score (nSPS) is 12.2. The van der Waals surface area contributed by atoms with E-state index in [1.54, 1.807) is 6.20 Å². The van der Waals surface area contributed by atoms with E-state index in [4.69, 9.17) is 0 Å². The molecule has 0 aliphatic carbocycles. The van der Waals surface area contributed by atoms with Gasteiger partial charge in [0.2, 0.25) is 0 Å². The maximum atomic E-state index is 11.7. The predicted octanol–water partition coefficient (Wildman–Crippen LogP) is 3.19. The van der Waals surface area contributed by atoms with Crippen LogP contribution in [0.15, 0.2) is 54.6 Å². The van der Waals surface area contributed by atoms with E-state index in [0.717, 1.165) is 27.0 Å². The number of fused-ring (bicyclic) bond motifs is 1. The molecule has 8 heteroatoms. The first-order valence-corrected chi connectivity index (χ1v) is 8.84. The summed E-state index contributed by atoms with van der Waals surface area (Å²) in [7, 11) is 0. The molecular formula is C18H15N5O2S. The first-order valence-electron chi connectivity index (χ1n) is 7.96. The van der Waals surface area contributed by atoms with Gasteiger partial charge in [0.15, 0.2) is 0 Å². The molecule has 1 aromatic carbocycles. The first kappa shape index (κ1) is 16.2. The zero-order valence-electron chi connectivity index (χ0n) is 13.6. The molecule has 26 heavy (non-hydrogen) atoms. The van der Waals surface area contributed by atoms with Crippen molar-refractivity contribution in [3.63, 3.8) is 0 Å². The van der Waals surface area contributed by atoms with Crippen LogP contribution < -0.4 is 5.32 Å². The van der Waals surface area contributed by atoms with Crippen LogP contribution in [0.1, 0.15) is 5.69 Å². The van der Waals surface area contributed by atoms with Crippen molar-refractivity contribution < 1.29 is 9.90 Å². The van der Waals surface area contributed by atoms with E-state index in [1.807, 2.05) is 35.7 Å². The van der Waals surface area contributed by atoms with Gasteiger partial charge in [-0.25, -0.2) is 19.7 Å². The van der Waals surface area contributed by atoms with Gasteiger partial charge in [-0.2, -0.15) is 0 Å². The molecule has 4 aromatic rings. The Labute approximate surface area is 152 Å². The molecule has 0 spiro atoms. The molecular weight excluding hydrogens is 350 g/mol. The molecule has 0 bridgehead atoms. The van der Waals surface area contributed by atoms with Gasteiger partial charge in [0.1, 0.15) is 23.0 Å². The maximum absolute atomic E-state index is 11.7. The molecule has 7 nitrogen and oxygen atoms in total. The number of aliphatic carboxylic acids is 1. The highest BCUT2D eigenvalue weighted by Gasteiger charge is 2.22. The van der Waals surface area contributed by atoms with Crippen LogP contribution in [0.3, 0.4) is 0 Å². The van der Waals surface area contributed by atoms with E-state index < -0.39 is 12.0 Å². The van der Waals surface area contributed by atoms with Crippen molar-refractivity contribution in [1.29, 1.82) is 0 Å². The second-order valence-electron chi connectivity index (χ2n) is 5.73. The van der Waals surface area contributed by atoms with Crippen LogP contribution in [0.5, 0.6) is 0 Å². The monoisotopic (exact) mass is 365 g/mol. The quantitative estimate of drug-likeness (QED) is 0.485. The minimum Gasteiger partial charge on any atom is -0.480 e. The highest BCUT2D eigenvalue weighted by molar-refractivity contribution is 7.17. The number of carboxylic acid groups (broad SMARTS) is 1. The van der Waals surface area contributed by atoms with Crippen molar-refractivity contribution in [3.8, 4) is 11.1 Å². The third-order valence-electron chi connectivity index (χ3n) is 4.04. The fourth-order valence-corrected chi connectivity index (χ4v) is 3.71. The molecule has 3 heterocycles. The standard InChI is InChI=1S/C18H15N5O2S/c24-18(25)14(6-12-7-19-9-20-12)23-16-15-13(11-4-2-1-3-5-11)8-26-17(15)22-10-21-16/h1-5,7-10,14H,6H2,(H,19,20)(H,24,25)(H,21,22,23). The molecule has 0 saturated carbocycles. The molecule has 1 atom stereocenters. The number of hydrogen-bond acceptors (Lipinski definition) is 6. The van der Waals surface area contributed by atoms with Gasteiger partial charge in [0, 0.05) is 29.3 Å². The van der Waals surface area contributed by atoms with Crippen LogP contribution in [-0.2, 0) is 11.2 Å². The van der Waals surface area contributed by atoms with Gasteiger partial charge >= 0.3 is 5.97 Å². The second-order valence-corrected chi connectivity index (χ2v) is 6.59. The van der Waals surface area contributed by atoms with Gasteiger partial charge in [-0.3, -0.25) is 0 Å². The number of thiophene rings is 1. The fraction of sp³-hybridized carbons (Fsp3) is 0.111. The second kappa shape index (κ2) is 6.93. The number of rotatable bonds is 6.